The van der Waals surface area contributed by atoms with E-state index in [1.807, 2.05) is 0 Å². The van der Waals surface area contributed by atoms with Gasteiger partial charge in [-0.3, -0.25) is 0 Å². The molecule has 3 nitrogen and oxygen atoms in total. The van der Waals surface area contributed by atoms with E-state index in [-0.39, 0.29) is 12.2 Å². The van der Waals surface area contributed by atoms with Crippen molar-refractivity contribution in [2.75, 3.05) is 6.61 Å². The van der Waals surface area contributed by atoms with Crippen LogP contribution in [0.25, 0.3) is 0 Å². The fourth-order valence-corrected chi connectivity index (χ4v) is 1.38. The van der Waals surface area contributed by atoms with Crippen LogP contribution in [0.4, 0.5) is 4.39 Å². The molecule has 0 heterocycles. The van der Waals surface area contributed by atoms with Gasteiger partial charge in [0.05, 0.1) is 12.2 Å². The third-order valence-electron chi connectivity index (χ3n) is 2.10. The van der Waals surface area contributed by atoms with Crippen LogP contribution < -0.4 is 0 Å². The summed E-state index contributed by atoms with van der Waals surface area (Å²) in [5, 5.41) is 0. The van der Waals surface area contributed by atoms with Crippen molar-refractivity contribution in [1.82, 2.24) is 0 Å². The van der Waals surface area contributed by atoms with Crippen LogP contribution in [0.3, 0.4) is 0 Å². The second-order valence-corrected chi connectivity index (χ2v) is 3.23. The molecule has 1 aromatic carbocycles. The molecule has 0 spiro atoms. The van der Waals surface area contributed by atoms with Crippen LogP contribution in [0.1, 0.15) is 29.3 Å². The minimum Gasteiger partial charge on any atom is -0.462 e. The van der Waals surface area contributed by atoms with Crippen LogP contribution in [0.5, 0.6) is 0 Å². The van der Waals surface area contributed by atoms with Crippen LogP contribution in [-0.2, 0) is 16.0 Å². The molecule has 1 rings (SSSR count). The maximum Gasteiger partial charge on any atom is 0.338 e. The number of aryl methyl sites for hydroxylation is 1. The summed E-state index contributed by atoms with van der Waals surface area (Å²) in [6.07, 6.45) is 1.48. The second-order valence-electron chi connectivity index (χ2n) is 3.23. The lowest BCUT2D eigenvalue weighted by molar-refractivity contribution is -0.107. The van der Waals surface area contributed by atoms with E-state index >= 15 is 0 Å². The Labute approximate surface area is 93.2 Å². The van der Waals surface area contributed by atoms with Gasteiger partial charge in [-0.2, -0.15) is 0 Å². The summed E-state index contributed by atoms with van der Waals surface area (Å²) < 4.78 is 17.8. The first-order valence-electron chi connectivity index (χ1n) is 5.08. The van der Waals surface area contributed by atoms with Gasteiger partial charge in [-0.1, -0.05) is 6.07 Å². The van der Waals surface area contributed by atoms with Crippen molar-refractivity contribution >= 4 is 12.3 Å². The molecule has 0 fully saturated rings. The molecule has 0 aliphatic carbocycles. The van der Waals surface area contributed by atoms with E-state index in [0.717, 1.165) is 12.4 Å². The molecule has 0 saturated carbocycles. The maximum atomic E-state index is 13.0. The highest BCUT2D eigenvalue weighted by atomic mass is 19.1. The number of ether oxygens (including phenoxy) is 1. The highest BCUT2D eigenvalue weighted by molar-refractivity contribution is 5.91. The Morgan fingerprint density at radius 1 is 1.50 bits per heavy atom. The molecule has 0 aromatic heterocycles. The first-order chi connectivity index (χ1) is 7.69. The predicted molar refractivity (Wildman–Crippen MR) is 56.7 cm³/mol. The molecule has 0 atom stereocenters. The van der Waals surface area contributed by atoms with Crippen LogP contribution in [0.2, 0.25) is 0 Å². The Balaban J connectivity index is 2.97. The summed E-state index contributed by atoms with van der Waals surface area (Å²) in [7, 11) is 0. The number of hydrogen-bond donors (Lipinski definition) is 0. The summed E-state index contributed by atoms with van der Waals surface area (Å²) in [4.78, 5) is 21.8. The van der Waals surface area contributed by atoms with Gasteiger partial charge in [-0.05, 0) is 31.0 Å². The number of esters is 1. The van der Waals surface area contributed by atoms with E-state index in [2.05, 4.69) is 0 Å². The van der Waals surface area contributed by atoms with E-state index in [1.165, 1.54) is 12.1 Å². The molecule has 1 aromatic rings. The van der Waals surface area contributed by atoms with E-state index in [4.69, 9.17) is 4.74 Å². The number of benzene rings is 1. The van der Waals surface area contributed by atoms with E-state index in [1.54, 1.807) is 6.92 Å². The minimum atomic E-state index is -0.553. The number of halogens is 1. The zero-order chi connectivity index (χ0) is 12.0. The lowest BCUT2D eigenvalue weighted by atomic mass is 10.0. The van der Waals surface area contributed by atoms with Gasteiger partial charge in [0.1, 0.15) is 12.1 Å². The molecule has 0 unspecified atom stereocenters. The lowest BCUT2D eigenvalue weighted by Crippen LogP contribution is -2.09. The molecular formula is C12H13FO3. The number of rotatable bonds is 5. The molecule has 0 N–H and O–H groups in total. The summed E-state index contributed by atoms with van der Waals surface area (Å²) in [5.41, 5.74) is 0.829. The molecule has 0 radical (unpaired) electrons. The van der Waals surface area contributed by atoms with Crippen molar-refractivity contribution in [1.29, 1.82) is 0 Å². The Morgan fingerprint density at radius 2 is 2.25 bits per heavy atom. The first kappa shape index (κ1) is 12.4. The van der Waals surface area contributed by atoms with Gasteiger partial charge in [-0.25, -0.2) is 9.18 Å². The molecular weight excluding hydrogens is 211 g/mol. The molecule has 0 saturated heterocycles. The average molecular weight is 224 g/mol. The minimum absolute atomic E-state index is 0.198. The van der Waals surface area contributed by atoms with Gasteiger partial charge < -0.3 is 9.53 Å². The van der Waals surface area contributed by atoms with Crippen LogP contribution in [-0.4, -0.2) is 18.9 Å². The maximum absolute atomic E-state index is 13.0. The third kappa shape index (κ3) is 3.15. The van der Waals surface area contributed by atoms with Crippen LogP contribution >= 0.6 is 0 Å². The van der Waals surface area contributed by atoms with Gasteiger partial charge in [-0.15, -0.1) is 0 Å². The summed E-state index contributed by atoms with van der Waals surface area (Å²) in [6.45, 7) is 1.92. The van der Waals surface area contributed by atoms with Gasteiger partial charge in [0.25, 0.3) is 0 Å². The number of hydrogen-bond acceptors (Lipinski definition) is 3. The Hall–Kier alpha value is -1.71. The van der Waals surface area contributed by atoms with E-state index in [9.17, 15) is 14.0 Å². The quantitative estimate of drug-likeness (QED) is 0.568. The van der Waals surface area contributed by atoms with E-state index in [0.29, 0.717) is 18.4 Å². The third-order valence-corrected chi connectivity index (χ3v) is 2.10. The van der Waals surface area contributed by atoms with Crippen molar-refractivity contribution < 1.29 is 18.7 Å². The number of carbonyl (C=O) groups excluding carboxylic acids is 2. The normalized spacial score (nSPS) is 9.88. The zero-order valence-corrected chi connectivity index (χ0v) is 9.03. The smallest absolute Gasteiger partial charge is 0.338 e. The Kier molecular flexibility index (Phi) is 4.64. The summed E-state index contributed by atoms with van der Waals surface area (Å²) in [5.74, 6) is -1.04. The average Bonchev–Trinajstić information content (AvgIpc) is 2.27. The van der Waals surface area contributed by atoms with Crippen LogP contribution in [0.15, 0.2) is 18.2 Å². The van der Waals surface area contributed by atoms with E-state index < -0.39 is 11.8 Å². The fraction of sp³-hybridized carbons (Fsp3) is 0.333. The second kappa shape index (κ2) is 6.00. The van der Waals surface area contributed by atoms with Gasteiger partial charge in [0.15, 0.2) is 0 Å². The highest BCUT2D eigenvalue weighted by Crippen LogP contribution is 2.14. The molecule has 0 aliphatic rings. The SMILES string of the molecule is CCOC(=O)c1cc(F)ccc1CCC=O. The molecule has 86 valence electrons. The number of aldehydes is 1. The van der Waals surface area contributed by atoms with Gasteiger partial charge in [0, 0.05) is 6.42 Å². The lowest BCUT2D eigenvalue weighted by Gasteiger charge is -2.07. The largest absolute Gasteiger partial charge is 0.462 e. The Morgan fingerprint density at radius 3 is 2.88 bits per heavy atom. The number of carbonyl (C=O) groups is 2. The predicted octanol–water partition coefficient (Wildman–Crippen LogP) is 2.13. The van der Waals surface area contributed by atoms with Crippen molar-refractivity contribution in [3.8, 4) is 0 Å². The van der Waals surface area contributed by atoms with Gasteiger partial charge in [0.2, 0.25) is 0 Å². The molecule has 0 amide bonds. The topological polar surface area (TPSA) is 43.4 Å². The van der Waals surface area contributed by atoms with Gasteiger partial charge >= 0.3 is 5.97 Å². The van der Waals surface area contributed by atoms with Crippen molar-refractivity contribution in [3.05, 3.63) is 35.1 Å². The van der Waals surface area contributed by atoms with Crippen molar-refractivity contribution in [2.45, 2.75) is 19.8 Å². The standard InChI is InChI=1S/C12H13FO3/c1-2-16-12(15)11-8-10(13)6-5-9(11)4-3-7-14/h5-8H,2-4H2,1H3. The van der Waals surface area contributed by atoms with Crippen LogP contribution in [0, 0.1) is 5.82 Å². The summed E-state index contributed by atoms with van der Waals surface area (Å²) in [6, 6.07) is 3.91. The molecule has 0 bridgehead atoms. The van der Waals surface area contributed by atoms with Crippen molar-refractivity contribution in [3.63, 3.8) is 0 Å². The Bertz CT molecular complexity index is 388. The van der Waals surface area contributed by atoms with Crippen molar-refractivity contribution in [2.24, 2.45) is 0 Å². The first-order valence-corrected chi connectivity index (χ1v) is 5.08. The fourth-order valence-electron chi connectivity index (χ4n) is 1.38. The highest BCUT2D eigenvalue weighted by Gasteiger charge is 2.13. The monoisotopic (exact) mass is 224 g/mol. The summed E-state index contributed by atoms with van der Waals surface area (Å²) >= 11 is 0. The molecule has 0 aliphatic heterocycles. The molecule has 4 heteroatoms. The zero-order valence-electron chi connectivity index (χ0n) is 9.03. The molecule has 16 heavy (non-hydrogen) atoms.